The summed E-state index contributed by atoms with van der Waals surface area (Å²) in [6.45, 7) is 2.72. The normalized spacial score (nSPS) is 15.2. The third kappa shape index (κ3) is 7.00. The summed E-state index contributed by atoms with van der Waals surface area (Å²) in [6.07, 6.45) is 3.78. The van der Waals surface area contributed by atoms with Gasteiger partial charge in [-0.3, -0.25) is 4.31 Å². The Kier molecular flexibility index (Phi) is 8.37. The van der Waals surface area contributed by atoms with Gasteiger partial charge < -0.3 is 16.0 Å². The highest BCUT2D eigenvalue weighted by molar-refractivity contribution is 8.12. The number of nitrogens with one attached hydrogen (secondary N) is 3. The van der Waals surface area contributed by atoms with Crippen molar-refractivity contribution in [2.24, 2.45) is 0 Å². The molecule has 0 radical (unpaired) electrons. The van der Waals surface area contributed by atoms with Crippen LogP contribution in [-0.2, 0) is 6.54 Å². The summed E-state index contributed by atoms with van der Waals surface area (Å²) in [5.74, 6) is 5.04. The zero-order chi connectivity index (χ0) is 26.3. The van der Waals surface area contributed by atoms with E-state index in [1.165, 1.54) is 29.2 Å². The van der Waals surface area contributed by atoms with Gasteiger partial charge in [-0.15, -0.1) is 0 Å². The number of nitrogens with zero attached hydrogens (tertiary/aromatic N) is 3. The van der Waals surface area contributed by atoms with E-state index in [0.717, 1.165) is 49.4 Å². The van der Waals surface area contributed by atoms with E-state index >= 15 is 0 Å². The first-order valence-corrected chi connectivity index (χ1v) is 13.9. The Hall–Kier alpha value is -3.66. The molecule has 4 aromatic rings. The minimum Gasteiger partial charge on any atom is -0.340 e. The fourth-order valence-corrected chi connectivity index (χ4v) is 5.69. The SMILES string of the molecule is C=S(c1ccc(Nc2nccc(Nc3ccc(F)cc3)n2)cc1)N1CCC(NCc2ccc(F)cc2)CC1. The number of aromatic nitrogens is 2. The molecule has 0 spiro atoms. The molecule has 196 valence electrons. The summed E-state index contributed by atoms with van der Waals surface area (Å²) >= 11 is 0. The fraction of sp³-hybridized carbons (Fsp3) is 0.207. The number of rotatable bonds is 9. The van der Waals surface area contributed by atoms with Gasteiger partial charge >= 0.3 is 0 Å². The lowest BCUT2D eigenvalue weighted by Crippen LogP contribution is -2.40. The van der Waals surface area contributed by atoms with Crippen LogP contribution in [0.4, 0.5) is 31.9 Å². The molecule has 1 unspecified atom stereocenters. The smallest absolute Gasteiger partial charge is 0.229 e. The Morgan fingerprint density at radius 3 is 2.11 bits per heavy atom. The van der Waals surface area contributed by atoms with E-state index in [2.05, 4.69) is 48.2 Å². The Labute approximate surface area is 224 Å². The molecule has 1 atom stereocenters. The lowest BCUT2D eigenvalue weighted by Gasteiger charge is -2.34. The van der Waals surface area contributed by atoms with E-state index in [9.17, 15) is 8.78 Å². The molecule has 1 saturated heterocycles. The molecular weight excluding hydrogens is 502 g/mol. The van der Waals surface area contributed by atoms with Crippen LogP contribution in [0.15, 0.2) is 90.0 Å². The van der Waals surface area contributed by atoms with E-state index < -0.39 is 0 Å². The Bertz CT molecular complexity index is 1360. The highest BCUT2D eigenvalue weighted by Crippen LogP contribution is 2.33. The van der Waals surface area contributed by atoms with Crippen molar-refractivity contribution in [2.45, 2.75) is 30.3 Å². The van der Waals surface area contributed by atoms with E-state index in [0.29, 0.717) is 17.8 Å². The molecule has 3 aromatic carbocycles. The standard InChI is InChI=1S/C29H30F2N6S/c1-38(37-18-15-24(16-19-37)33-20-21-2-4-22(30)5-3-21)27-12-10-26(11-13-27)35-29-32-17-14-28(36-29)34-25-8-6-23(31)7-9-25/h2-14,17,24,33H,1,15-16,18-20H2,(H2,32,34,35,36). The molecular formula is C29H30F2N6S. The maximum absolute atomic E-state index is 13.1. The van der Waals surface area contributed by atoms with Gasteiger partial charge in [-0.1, -0.05) is 28.7 Å². The van der Waals surface area contributed by atoms with Crippen LogP contribution in [0.25, 0.3) is 0 Å². The van der Waals surface area contributed by atoms with Crippen LogP contribution in [0.3, 0.4) is 0 Å². The van der Waals surface area contributed by atoms with Gasteiger partial charge in [0.2, 0.25) is 5.95 Å². The van der Waals surface area contributed by atoms with Crippen molar-refractivity contribution in [3.8, 4) is 0 Å². The summed E-state index contributed by atoms with van der Waals surface area (Å²) in [4.78, 5) is 9.98. The molecule has 6 nitrogen and oxygen atoms in total. The van der Waals surface area contributed by atoms with Crippen molar-refractivity contribution in [3.63, 3.8) is 0 Å². The van der Waals surface area contributed by atoms with E-state index in [1.54, 1.807) is 24.4 Å². The second-order valence-electron chi connectivity index (χ2n) is 9.12. The first-order valence-electron chi connectivity index (χ1n) is 12.5. The number of halogens is 2. The van der Waals surface area contributed by atoms with Crippen LogP contribution in [0.1, 0.15) is 18.4 Å². The van der Waals surface area contributed by atoms with E-state index in [4.69, 9.17) is 0 Å². The van der Waals surface area contributed by atoms with Crippen LogP contribution in [0.5, 0.6) is 0 Å². The van der Waals surface area contributed by atoms with Gasteiger partial charge in [0, 0.05) is 48.1 Å². The number of hydrogen-bond acceptors (Lipinski definition) is 6. The van der Waals surface area contributed by atoms with Crippen LogP contribution in [-0.4, -0.2) is 39.3 Å². The third-order valence-corrected chi connectivity index (χ3v) is 8.23. The van der Waals surface area contributed by atoms with E-state index in [1.807, 2.05) is 24.3 Å². The fourth-order valence-electron chi connectivity index (χ4n) is 4.29. The second-order valence-corrected chi connectivity index (χ2v) is 10.8. The highest BCUT2D eigenvalue weighted by atomic mass is 32.2. The van der Waals surface area contributed by atoms with Gasteiger partial charge in [0.25, 0.3) is 0 Å². The molecule has 5 rings (SSSR count). The first kappa shape index (κ1) is 26.0. The zero-order valence-corrected chi connectivity index (χ0v) is 21.7. The van der Waals surface area contributed by atoms with Crippen molar-refractivity contribution >= 4 is 39.7 Å². The molecule has 0 saturated carbocycles. The topological polar surface area (TPSA) is 65.1 Å². The van der Waals surface area contributed by atoms with Crippen molar-refractivity contribution in [2.75, 3.05) is 23.7 Å². The molecule has 9 heteroatoms. The summed E-state index contributed by atoms with van der Waals surface area (Å²) in [6, 6.07) is 23.2. The monoisotopic (exact) mass is 532 g/mol. The van der Waals surface area contributed by atoms with Gasteiger partial charge in [-0.25, -0.2) is 13.8 Å². The summed E-state index contributed by atoms with van der Waals surface area (Å²) < 4.78 is 28.7. The van der Waals surface area contributed by atoms with Gasteiger partial charge in [0.15, 0.2) is 0 Å². The summed E-state index contributed by atoms with van der Waals surface area (Å²) in [5.41, 5.74) is 2.73. The molecule has 1 fully saturated rings. The van der Waals surface area contributed by atoms with Crippen LogP contribution >= 0.6 is 10.7 Å². The molecule has 0 aliphatic carbocycles. The van der Waals surface area contributed by atoms with Crippen LogP contribution < -0.4 is 16.0 Å². The quantitative estimate of drug-likeness (QED) is 0.215. The second kappa shape index (κ2) is 12.3. The van der Waals surface area contributed by atoms with Crippen molar-refractivity contribution < 1.29 is 8.78 Å². The summed E-state index contributed by atoms with van der Waals surface area (Å²) in [5, 5.41) is 9.99. The largest absolute Gasteiger partial charge is 0.340 e. The lowest BCUT2D eigenvalue weighted by atomic mass is 10.1. The predicted octanol–water partition coefficient (Wildman–Crippen LogP) is 6.47. The summed E-state index contributed by atoms with van der Waals surface area (Å²) in [7, 11) is -0.242. The van der Waals surface area contributed by atoms with E-state index in [-0.39, 0.29) is 22.3 Å². The molecule has 2 heterocycles. The number of benzene rings is 3. The minimum absolute atomic E-state index is 0.202. The molecule has 0 amide bonds. The number of hydrogen-bond donors (Lipinski definition) is 3. The van der Waals surface area contributed by atoms with Gasteiger partial charge in [-0.2, -0.15) is 4.98 Å². The molecule has 1 aromatic heterocycles. The highest BCUT2D eigenvalue weighted by Gasteiger charge is 2.20. The van der Waals surface area contributed by atoms with Crippen molar-refractivity contribution in [1.82, 2.24) is 19.6 Å². The number of piperidine rings is 1. The third-order valence-electron chi connectivity index (χ3n) is 6.43. The van der Waals surface area contributed by atoms with Crippen molar-refractivity contribution in [3.05, 3.63) is 102 Å². The molecule has 1 aliphatic heterocycles. The van der Waals surface area contributed by atoms with Crippen molar-refractivity contribution in [1.29, 1.82) is 0 Å². The van der Waals surface area contributed by atoms with Gasteiger partial charge in [0.1, 0.15) is 17.5 Å². The number of anilines is 4. The molecule has 1 aliphatic rings. The Morgan fingerprint density at radius 2 is 1.42 bits per heavy atom. The first-order chi connectivity index (χ1) is 18.5. The molecule has 0 bridgehead atoms. The average Bonchev–Trinajstić information content (AvgIpc) is 2.95. The van der Waals surface area contributed by atoms with Crippen LogP contribution in [0.2, 0.25) is 0 Å². The average molecular weight is 533 g/mol. The van der Waals surface area contributed by atoms with Gasteiger partial charge in [-0.05, 0) is 85.1 Å². The maximum Gasteiger partial charge on any atom is 0.229 e. The maximum atomic E-state index is 13.1. The van der Waals surface area contributed by atoms with Gasteiger partial charge in [0.05, 0.1) is 0 Å². The molecule has 38 heavy (non-hydrogen) atoms. The molecule has 3 N–H and O–H groups in total. The Balaban J connectivity index is 1.11. The Morgan fingerprint density at radius 1 is 0.816 bits per heavy atom. The van der Waals surface area contributed by atoms with Crippen LogP contribution in [0, 0.1) is 11.6 Å². The minimum atomic E-state index is -0.283. The zero-order valence-electron chi connectivity index (χ0n) is 20.9. The predicted molar refractivity (Wildman–Crippen MR) is 152 cm³/mol. The lowest BCUT2D eigenvalue weighted by molar-refractivity contribution is 0.306.